The topological polar surface area (TPSA) is 149 Å². The number of aromatic nitrogens is 14. The van der Waals surface area contributed by atoms with Crippen LogP contribution in [0.4, 0.5) is 0 Å². The number of pyridine rings is 10. The highest BCUT2D eigenvalue weighted by Gasteiger charge is 2.27. The number of benzene rings is 18. The molecule has 688 valence electrons. The van der Waals surface area contributed by atoms with E-state index in [1.807, 2.05) is 122 Å². The van der Waals surface area contributed by atoms with E-state index in [9.17, 15) is 0 Å². The molecule has 0 saturated carbocycles. The fraction of sp³-hybridized carbons (Fsp3) is 0. The highest BCUT2D eigenvalue weighted by molar-refractivity contribution is 6.36. The van der Waals surface area contributed by atoms with Crippen molar-refractivity contribution in [2.75, 3.05) is 0 Å². The van der Waals surface area contributed by atoms with Crippen molar-refractivity contribution in [1.29, 1.82) is 0 Å². The first-order valence-electron chi connectivity index (χ1n) is 49.8. The fourth-order valence-electron chi connectivity index (χ4n) is 22.9. The van der Waals surface area contributed by atoms with Crippen molar-refractivity contribution in [2.45, 2.75) is 0 Å². The molecule has 0 aliphatic rings. The maximum Gasteiger partial charge on any atom is 0.138 e. The molecule has 32 aromatic rings. The second kappa shape index (κ2) is 34.9. The number of hydrogen-bond donors (Lipinski definition) is 0. The summed E-state index contributed by atoms with van der Waals surface area (Å²) in [5.41, 5.74) is 27.4. The maximum atomic E-state index is 5.18. The van der Waals surface area contributed by atoms with Crippen LogP contribution in [0.1, 0.15) is 0 Å². The van der Waals surface area contributed by atoms with Crippen LogP contribution in [0, 0.1) is 0 Å². The first kappa shape index (κ1) is 84.6. The van der Waals surface area contributed by atoms with Gasteiger partial charge in [-0.15, -0.1) is 0 Å². The Morgan fingerprint density at radius 3 is 0.878 bits per heavy atom. The zero-order valence-electron chi connectivity index (χ0n) is 79.6. The zero-order valence-corrected chi connectivity index (χ0v) is 79.6. The number of nitrogens with zero attached hydrogens (tertiary/aromatic N) is 14. The van der Waals surface area contributed by atoms with E-state index in [2.05, 4.69) is 399 Å². The molecule has 0 saturated heterocycles. The zero-order chi connectivity index (χ0) is 97.4. The van der Waals surface area contributed by atoms with E-state index < -0.39 is 0 Å². The lowest BCUT2D eigenvalue weighted by Gasteiger charge is -2.13. The van der Waals surface area contributed by atoms with Crippen LogP contribution in [-0.2, 0) is 0 Å². The minimum atomic E-state index is 0.845. The van der Waals surface area contributed by atoms with E-state index in [-0.39, 0.29) is 0 Å². The van der Waals surface area contributed by atoms with Crippen molar-refractivity contribution in [3.8, 4) is 68.0 Å². The molecule has 0 fully saturated rings. The lowest BCUT2D eigenvalue weighted by molar-refractivity contribution is 1.08. The van der Waals surface area contributed by atoms with Gasteiger partial charge in [0.2, 0.25) is 0 Å². The van der Waals surface area contributed by atoms with Gasteiger partial charge in [0.05, 0.1) is 111 Å². The Morgan fingerprint density at radius 1 is 0.155 bits per heavy atom. The predicted molar refractivity (Wildman–Crippen MR) is 613 cm³/mol. The molecule has 0 aliphatic carbocycles. The van der Waals surface area contributed by atoms with Crippen LogP contribution >= 0.6 is 0 Å². The molecule has 0 N–H and O–H groups in total. The molecule has 0 amide bonds. The van der Waals surface area contributed by atoms with Gasteiger partial charge in [0.15, 0.2) is 0 Å². The molecule has 14 nitrogen and oxygen atoms in total. The van der Waals surface area contributed by atoms with E-state index >= 15 is 0 Å². The van der Waals surface area contributed by atoms with Gasteiger partial charge in [0.1, 0.15) is 11.6 Å². The summed E-state index contributed by atoms with van der Waals surface area (Å²) in [6.45, 7) is 0. The van der Waals surface area contributed by atoms with E-state index in [1.54, 1.807) is 0 Å². The largest absolute Gasteiger partial charge is 0.309 e. The molecule has 0 aliphatic heterocycles. The molecule has 14 heteroatoms. The van der Waals surface area contributed by atoms with Crippen molar-refractivity contribution in [2.24, 2.45) is 0 Å². The summed E-state index contributed by atoms with van der Waals surface area (Å²) in [7, 11) is 0. The summed E-state index contributed by atoms with van der Waals surface area (Å²) >= 11 is 0. The molecule has 0 unspecified atom stereocenters. The summed E-state index contributed by atoms with van der Waals surface area (Å²) in [5, 5.41) is 28.5. The third-order valence-electron chi connectivity index (χ3n) is 29.3. The van der Waals surface area contributed by atoms with Gasteiger partial charge in [-0.25, -0.2) is 19.9 Å². The first-order valence-corrected chi connectivity index (χ1v) is 49.8. The van der Waals surface area contributed by atoms with Gasteiger partial charge in [-0.3, -0.25) is 39.0 Å². The number of fused-ring (bicyclic) bond motifs is 36. The van der Waals surface area contributed by atoms with Crippen molar-refractivity contribution >= 4 is 218 Å². The third-order valence-corrected chi connectivity index (χ3v) is 29.3. The Labute approximate surface area is 846 Å². The van der Waals surface area contributed by atoms with Crippen molar-refractivity contribution in [3.05, 3.63) is 498 Å². The molecule has 18 aromatic carbocycles. The van der Waals surface area contributed by atoms with Crippen LogP contribution in [0.5, 0.6) is 0 Å². The standard InChI is InChI=1S/2C34H21N3.2C33H20N4/c1-5-16-29-22(9-1)18-19-30(36-29)23-10-7-11-24(21-23)37-31-17-6-4-14-27(31)32-25-12-2-3-13-26(25)33-28(34(32)37)15-8-20-35-33;1-5-16-30-23(9-1)19-24(21-36-30)22-10-7-11-25(20-22)37-31-17-6-4-14-28(31)32-26-12-2-3-13-27(26)33-29(34(32)37)15-8-18-35-33;1-5-14-26-21(9-1)18-19-28(35-26)27-15-7-17-30(36-27)37-29-16-6-4-12-24(29)31-22-10-2-3-11-23(22)32-25(33(31)37)13-8-20-34-32;1-5-14-27-21(9-1)19-22(20-35-27)28-15-7-17-30(36-28)37-29-16-6-4-12-25(29)31-23-10-2-3-11-24(23)32-26(33(31)37)13-8-18-34-32/h2*1-21H;2*1-20H. The summed E-state index contributed by atoms with van der Waals surface area (Å²) in [6.07, 6.45) is 11.4. The smallest absolute Gasteiger partial charge is 0.138 e. The Balaban J connectivity index is 0.0000000930. The van der Waals surface area contributed by atoms with E-state index in [1.165, 1.54) is 97.5 Å². The molecular weight excluding hydrogens is 1810 g/mol. The number of rotatable bonds is 8. The summed E-state index contributed by atoms with van der Waals surface area (Å²) in [6, 6.07) is 161. The molecule has 0 radical (unpaired) electrons. The molecule has 0 spiro atoms. The van der Waals surface area contributed by atoms with Crippen molar-refractivity contribution < 1.29 is 0 Å². The Bertz CT molecular complexity index is 9870. The Morgan fingerprint density at radius 2 is 0.446 bits per heavy atom. The van der Waals surface area contributed by atoms with Gasteiger partial charge in [0, 0.05) is 173 Å². The van der Waals surface area contributed by atoms with Gasteiger partial charge in [0.25, 0.3) is 0 Å². The third kappa shape index (κ3) is 13.9. The van der Waals surface area contributed by atoms with Gasteiger partial charge in [-0.05, 0) is 197 Å². The molecule has 0 atom stereocenters. The number of hydrogen-bond acceptors (Lipinski definition) is 10. The van der Waals surface area contributed by atoms with Gasteiger partial charge >= 0.3 is 0 Å². The van der Waals surface area contributed by atoms with Gasteiger partial charge in [-0.2, -0.15) is 0 Å². The first-order chi connectivity index (χ1) is 73.5. The summed E-state index contributed by atoms with van der Waals surface area (Å²) in [5.74, 6) is 1.73. The van der Waals surface area contributed by atoms with Crippen LogP contribution in [0.2, 0.25) is 0 Å². The molecule has 14 heterocycles. The molecule has 148 heavy (non-hydrogen) atoms. The van der Waals surface area contributed by atoms with Crippen LogP contribution < -0.4 is 0 Å². The molecule has 14 aromatic heterocycles. The number of para-hydroxylation sites is 8. The van der Waals surface area contributed by atoms with Crippen LogP contribution in [0.15, 0.2) is 498 Å². The van der Waals surface area contributed by atoms with Crippen LogP contribution in [0.25, 0.3) is 286 Å². The van der Waals surface area contributed by atoms with Crippen molar-refractivity contribution in [1.82, 2.24) is 68.1 Å². The van der Waals surface area contributed by atoms with Crippen LogP contribution in [-0.4, -0.2) is 68.1 Å². The van der Waals surface area contributed by atoms with E-state index in [0.717, 1.165) is 188 Å². The van der Waals surface area contributed by atoms with Crippen molar-refractivity contribution in [3.63, 3.8) is 0 Å². The normalized spacial score (nSPS) is 11.8. The molecule has 0 bridgehead atoms. The second-order valence-electron chi connectivity index (χ2n) is 37.6. The van der Waals surface area contributed by atoms with E-state index in [4.69, 9.17) is 44.9 Å². The monoisotopic (exact) mass is 1890 g/mol. The van der Waals surface area contributed by atoms with Gasteiger partial charge < -0.3 is 9.13 Å². The summed E-state index contributed by atoms with van der Waals surface area (Å²) < 4.78 is 9.37. The lowest BCUT2D eigenvalue weighted by atomic mass is 9.99. The quantitative estimate of drug-likeness (QED) is 0.135. The minimum Gasteiger partial charge on any atom is -0.309 e. The SMILES string of the molecule is c1cc(-c2ccc3ccccc3n2)cc(-n2c3ccccc3c3c4ccccc4c4ncccc4c32)c1.c1cc(-c2ccc3ccccc3n2)nc(-n2c3ccccc3c3c4ccccc4c4ncccc4c32)c1.c1cc(-c2cnc3ccccc3c2)cc(-n2c3ccccc3c3c4ccccc4c4ncccc4c32)c1.c1cc(-c2cnc3ccccc3c2)nc(-n2c3ccccc3c3c4ccccc4c4ncccc4c32)c1. The maximum absolute atomic E-state index is 5.18. The van der Waals surface area contributed by atoms with Gasteiger partial charge in [-0.1, -0.05) is 291 Å². The minimum absolute atomic E-state index is 0.845. The average molecular weight is 1890 g/mol. The second-order valence-corrected chi connectivity index (χ2v) is 37.6. The molecular formula is C134H82N14. The van der Waals surface area contributed by atoms with Crippen LogP contribution in [0.3, 0.4) is 0 Å². The fourth-order valence-corrected chi connectivity index (χ4v) is 22.9. The molecule has 32 rings (SSSR count). The lowest BCUT2D eigenvalue weighted by Crippen LogP contribution is -2.00. The average Bonchev–Trinajstić information content (AvgIpc) is 1.56. The summed E-state index contributed by atoms with van der Waals surface area (Å²) in [4.78, 5) is 48.9. The highest BCUT2D eigenvalue weighted by atomic mass is 15.1. The predicted octanol–water partition coefficient (Wildman–Crippen LogP) is 33.6. The Hall–Kier alpha value is -20.2. The highest BCUT2D eigenvalue weighted by Crippen LogP contribution is 2.49. The van der Waals surface area contributed by atoms with E-state index in [0.29, 0.717) is 0 Å². The Kier molecular flexibility index (Phi) is 19.9.